The van der Waals surface area contributed by atoms with Gasteiger partial charge in [-0.2, -0.15) is 0 Å². The summed E-state index contributed by atoms with van der Waals surface area (Å²) in [7, 11) is 2.97. The molecule has 3 rings (SSSR count). The standard InChI is InChI=1S/C20H22N2O4/c1-21-11-18(19(23)25-2)22-20(24)26-12-17-15-9-5-3-7-13(15)14-8-4-6-10-16(14)17/h3-10,17-18,21H,11-12H2,1-2H3,(H,22,24)/t18-/m0/s1. The van der Waals surface area contributed by atoms with E-state index >= 15 is 0 Å². The molecule has 1 amide bonds. The lowest BCUT2D eigenvalue weighted by molar-refractivity contribution is -0.142. The van der Waals surface area contributed by atoms with Gasteiger partial charge in [0.15, 0.2) is 0 Å². The highest BCUT2D eigenvalue weighted by atomic mass is 16.6. The molecule has 0 heterocycles. The Labute approximate surface area is 152 Å². The van der Waals surface area contributed by atoms with Crippen molar-refractivity contribution in [1.82, 2.24) is 10.6 Å². The number of nitrogens with one attached hydrogen (secondary N) is 2. The Kier molecular flexibility index (Phi) is 5.53. The Bertz CT molecular complexity index is 760. The van der Waals surface area contributed by atoms with E-state index in [9.17, 15) is 9.59 Å². The second-order valence-electron chi connectivity index (χ2n) is 6.10. The molecule has 136 valence electrons. The van der Waals surface area contributed by atoms with Gasteiger partial charge in [-0.1, -0.05) is 48.5 Å². The molecule has 0 aromatic heterocycles. The minimum Gasteiger partial charge on any atom is -0.467 e. The van der Waals surface area contributed by atoms with E-state index < -0.39 is 18.1 Å². The summed E-state index contributed by atoms with van der Waals surface area (Å²) in [6.07, 6.45) is -0.641. The molecule has 2 N–H and O–H groups in total. The lowest BCUT2D eigenvalue weighted by atomic mass is 9.98. The molecule has 6 heteroatoms. The summed E-state index contributed by atoms with van der Waals surface area (Å²) in [6.45, 7) is 0.462. The molecule has 0 saturated carbocycles. The lowest BCUT2D eigenvalue weighted by Gasteiger charge is -2.18. The van der Waals surface area contributed by atoms with Crippen molar-refractivity contribution in [2.24, 2.45) is 0 Å². The van der Waals surface area contributed by atoms with Gasteiger partial charge in [0.1, 0.15) is 12.6 Å². The van der Waals surface area contributed by atoms with Crippen LogP contribution in [0.5, 0.6) is 0 Å². The van der Waals surface area contributed by atoms with Gasteiger partial charge in [-0.25, -0.2) is 9.59 Å². The summed E-state index contributed by atoms with van der Waals surface area (Å²) in [5.74, 6) is -0.540. The van der Waals surface area contributed by atoms with Gasteiger partial charge in [0, 0.05) is 12.5 Å². The summed E-state index contributed by atoms with van der Waals surface area (Å²) >= 11 is 0. The normalized spacial score (nSPS) is 13.5. The molecule has 1 aliphatic carbocycles. The molecule has 0 saturated heterocycles. The van der Waals surface area contributed by atoms with Crippen LogP contribution in [-0.4, -0.2) is 45.4 Å². The molecule has 1 atom stereocenters. The van der Waals surface area contributed by atoms with E-state index in [0.717, 1.165) is 11.1 Å². The van der Waals surface area contributed by atoms with Crippen molar-refractivity contribution >= 4 is 12.1 Å². The van der Waals surface area contributed by atoms with Crippen LogP contribution in [0.2, 0.25) is 0 Å². The summed E-state index contributed by atoms with van der Waals surface area (Å²) in [4.78, 5) is 23.9. The second-order valence-corrected chi connectivity index (χ2v) is 6.10. The third-order valence-electron chi connectivity index (χ3n) is 4.53. The summed E-state index contributed by atoms with van der Waals surface area (Å²) < 4.78 is 10.1. The molecule has 0 fully saturated rings. The molecule has 2 aromatic carbocycles. The van der Waals surface area contributed by atoms with Crippen LogP contribution in [0, 0.1) is 0 Å². The number of carbonyl (C=O) groups is 2. The van der Waals surface area contributed by atoms with Crippen molar-refractivity contribution in [3.05, 3.63) is 59.7 Å². The van der Waals surface area contributed by atoms with Gasteiger partial charge in [0.25, 0.3) is 0 Å². The Morgan fingerprint density at radius 2 is 1.62 bits per heavy atom. The number of amides is 1. The first-order chi connectivity index (χ1) is 12.7. The van der Waals surface area contributed by atoms with Gasteiger partial charge < -0.3 is 20.1 Å². The highest BCUT2D eigenvalue weighted by Gasteiger charge is 2.29. The highest BCUT2D eigenvalue weighted by Crippen LogP contribution is 2.44. The van der Waals surface area contributed by atoms with Gasteiger partial charge in [-0.05, 0) is 29.3 Å². The van der Waals surface area contributed by atoms with Gasteiger partial charge in [0.05, 0.1) is 7.11 Å². The molecule has 0 bridgehead atoms. The van der Waals surface area contributed by atoms with Crippen LogP contribution in [0.25, 0.3) is 11.1 Å². The topological polar surface area (TPSA) is 76.7 Å². The first-order valence-electron chi connectivity index (χ1n) is 8.49. The van der Waals surface area contributed by atoms with E-state index in [0.29, 0.717) is 0 Å². The third kappa shape index (κ3) is 3.55. The lowest BCUT2D eigenvalue weighted by Crippen LogP contribution is -2.47. The van der Waals surface area contributed by atoms with E-state index in [2.05, 4.69) is 39.6 Å². The number of alkyl carbamates (subject to hydrolysis) is 1. The fourth-order valence-corrected chi connectivity index (χ4v) is 3.32. The second kappa shape index (κ2) is 8.01. The fourth-order valence-electron chi connectivity index (χ4n) is 3.32. The number of ether oxygens (including phenoxy) is 2. The SMILES string of the molecule is CNC[C@H](NC(=O)OCC1c2ccccc2-c2ccccc21)C(=O)OC. The maximum atomic E-state index is 12.2. The molecule has 1 aliphatic rings. The molecule has 6 nitrogen and oxygen atoms in total. The van der Waals surface area contributed by atoms with Gasteiger partial charge in [-0.3, -0.25) is 0 Å². The number of esters is 1. The number of fused-ring (bicyclic) bond motifs is 3. The van der Waals surface area contributed by atoms with E-state index in [-0.39, 0.29) is 19.1 Å². The summed E-state index contributed by atoms with van der Waals surface area (Å²) in [5, 5.41) is 5.38. The number of hydrogen-bond acceptors (Lipinski definition) is 5. The van der Waals surface area contributed by atoms with Crippen molar-refractivity contribution in [2.45, 2.75) is 12.0 Å². The molecule has 0 spiro atoms. The molecule has 0 aliphatic heterocycles. The minimum atomic E-state index is -0.791. The van der Waals surface area contributed by atoms with Crippen LogP contribution in [0.4, 0.5) is 4.79 Å². The number of benzene rings is 2. The molecule has 0 unspecified atom stereocenters. The number of likely N-dealkylation sites (N-methyl/N-ethyl adjacent to an activating group) is 1. The van der Waals surface area contributed by atoms with Crippen LogP contribution in [0.1, 0.15) is 17.0 Å². The van der Waals surface area contributed by atoms with Gasteiger partial charge in [0.2, 0.25) is 0 Å². The van der Waals surface area contributed by atoms with E-state index in [1.165, 1.54) is 18.2 Å². The Balaban J connectivity index is 1.70. The van der Waals surface area contributed by atoms with E-state index in [1.54, 1.807) is 7.05 Å². The van der Waals surface area contributed by atoms with Crippen LogP contribution >= 0.6 is 0 Å². The number of methoxy groups -OCH3 is 1. The van der Waals surface area contributed by atoms with Gasteiger partial charge >= 0.3 is 12.1 Å². The number of hydrogen-bond donors (Lipinski definition) is 2. The summed E-state index contributed by atoms with van der Waals surface area (Å²) in [6, 6.07) is 15.5. The largest absolute Gasteiger partial charge is 0.467 e. The van der Waals surface area contributed by atoms with E-state index in [1.807, 2.05) is 24.3 Å². The molecule has 26 heavy (non-hydrogen) atoms. The third-order valence-corrected chi connectivity index (χ3v) is 4.53. The number of carbonyl (C=O) groups excluding carboxylic acids is 2. The predicted molar refractivity (Wildman–Crippen MR) is 97.9 cm³/mol. The molecule has 2 aromatic rings. The van der Waals surface area contributed by atoms with Crippen molar-refractivity contribution in [3.8, 4) is 11.1 Å². The monoisotopic (exact) mass is 354 g/mol. The van der Waals surface area contributed by atoms with Crippen molar-refractivity contribution < 1.29 is 19.1 Å². The van der Waals surface area contributed by atoms with Crippen molar-refractivity contribution in [1.29, 1.82) is 0 Å². The molecular formula is C20H22N2O4. The first kappa shape index (κ1) is 17.9. The average molecular weight is 354 g/mol. The predicted octanol–water partition coefficient (Wildman–Crippen LogP) is 2.29. The Morgan fingerprint density at radius 1 is 1.04 bits per heavy atom. The Morgan fingerprint density at radius 3 is 2.15 bits per heavy atom. The maximum Gasteiger partial charge on any atom is 0.407 e. The van der Waals surface area contributed by atoms with Crippen LogP contribution in [-0.2, 0) is 14.3 Å². The maximum absolute atomic E-state index is 12.2. The quantitative estimate of drug-likeness (QED) is 0.779. The van der Waals surface area contributed by atoms with Crippen molar-refractivity contribution in [2.75, 3.05) is 27.3 Å². The van der Waals surface area contributed by atoms with Crippen LogP contribution < -0.4 is 10.6 Å². The Hall–Kier alpha value is -2.86. The zero-order chi connectivity index (χ0) is 18.5. The van der Waals surface area contributed by atoms with Crippen LogP contribution in [0.3, 0.4) is 0 Å². The number of rotatable bonds is 6. The van der Waals surface area contributed by atoms with Crippen molar-refractivity contribution in [3.63, 3.8) is 0 Å². The zero-order valence-electron chi connectivity index (χ0n) is 14.8. The smallest absolute Gasteiger partial charge is 0.407 e. The fraction of sp³-hybridized carbons (Fsp3) is 0.300. The molecular weight excluding hydrogens is 332 g/mol. The van der Waals surface area contributed by atoms with Crippen LogP contribution in [0.15, 0.2) is 48.5 Å². The zero-order valence-corrected chi connectivity index (χ0v) is 14.8. The minimum absolute atomic E-state index is 0.0194. The average Bonchev–Trinajstić information content (AvgIpc) is 2.99. The summed E-state index contributed by atoms with van der Waals surface area (Å²) in [5.41, 5.74) is 4.61. The first-order valence-corrected chi connectivity index (χ1v) is 8.49. The molecule has 0 radical (unpaired) electrons. The van der Waals surface area contributed by atoms with Gasteiger partial charge in [-0.15, -0.1) is 0 Å². The highest BCUT2D eigenvalue weighted by molar-refractivity contribution is 5.82. The van der Waals surface area contributed by atoms with E-state index in [4.69, 9.17) is 4.74 Å².